The van der Waals surface area contributed by atoms with Gasteiger partial charge < -0.3 is 14.4 Å². The van der Waals surface area contributed by atoms with Crippen LogP contribution < -0.4 is 9.47 Å². The lowest BCUT2D eigenvalue weighted by Gasteiger charge is -2.36. The van der Waals surface area contributed by atoms with Crippen LogP contribution in [0.5, 0.6) is 11.5 Å². The molecule has 1 aromatic heterocycles. The zero-order chi connectivity index (χ0) is 17.1. The summed E-state index contributed by atoms with van der Waals surface area (Å²) in [6, 6.07) is 8.23. The van der Waals surface area contributed by atoms with Gasteiger partial charge in [-0.3, -0.25) is 4.79 Å². The number of amides is 1. The maximum absolute atomic E-state index is 12.7. The molecular weight excluding hydrogens is 322 g/mol. The van der Waals surface area contributed by atoms with Crippen LogP contribution in [0.1, 0.15) is 35.4 Å². The van der Waals surface area contributed by atoms with Crippen LogP contribution in [0.2, 0.25) is 0 Å². The molecule has 1 aliphatic heterocycles. The summed E-state index contributed by atoms with van der Waals surface area (Å²) < 4.78 is 10.8. The fourth-order valence-corrected chi connectivity index (χ4v) is 4.02. The normalized spacial score (nSPS) is 16.6. The van der Waals surface area contributed by atoms with E-state index in [1.54, 1.807) is 25.6 Å². The van der Waals surface area contributed by atoms with Gasteiger partial charge >= 0.3 is 0 Å². The maximum atomic E-state index is 12.7. The Morgan fingerprint density at radius 2 is 2.04 bits per heavy atom. The second-order valence-corrected chi connectivity index (χ2v) is 7.03. The minimum Gasteiger partial charge on any atom is -0.493 e. The topological polar surface area (TPSA) is 38.8 Å². The monoisotopic (exact) mass is 345 g/mol. The fourth-order valence-electron chi connectivity index (χ4n) is 3.31. The molecule has 0 spiro atoms. The number of rotatable bonds is 5. The van der Waals surface area contributed by atoms with Gasteiger partial charge in [-0.15, -0.1) is 11.3 Å². The molecule has 1 unspecified atom stereocenters. The first-order chi connectivity index (χ1) is 11.6. The molecule has 0 aliphatic carbocycles. The van der Waals surface area contributed by atoms with E-state index in [0.717, 1.165) is 36.4 Å². The molecule has 0 saturated heterocycles. The molecular formula is C19H23NO3S. The number of hydrogen-bond donors (Lipinski definition) is 0. The van der Waals surface area contributed by atoms with Gasteiger partial charge in [0.2, 0.25) is 5.91 Å². The van der Waals surface area contributed by atoms with E-state index < -0.39 is 0 Å². The minimum atomic E-state index is 0.0596. The number of carbonyl (C=O) groups excluding carboxylic acids is 1. The van der Waals surface area contributed by atoms with E-state index in [2.05, 4.69) is 18.4 Å². The van der Waals surface area contributed by atoms with Gasteiger partial charge in [0.15, 0.2) is 11.5 Å². The summed E-state index contributed by atoms with van der Waals surface area (Å²) in [6.45, 7) is 2.85. The highest BCUT2D eigenvalue weighted by atomic mass is 32.1. The SMILES string of the molecule is COc1cc2c(cc1OC)C(C)N(C(=O)CCc1cccs1)CC2. The van der Waals surface area contributed by atoms with Crippen LogP contribution in [0.3, 0.4) is 0 Å². The summed E-state index contributed by atoms with van der Waals surface area (Å²) in [7, 11) is 3.29. The van der Waals surface area contributed by atoms with Crippen molar-refractivity contribution in [3.63, 3.8) is 0 Å². The Balaban J connectivity index is 1.76. The molecule has 0 fully saturated rings. The standard InChI is InChI=1S/C19H23NO3S/c1-13-16-12-18(23-3)17(22-2)11-14(16)8-9-20(13)19(21)7-6-15-5-4-10-24-15/h4-5,10-13H,6-9H2,1-3H3. The Morgan fingerprint density at radius 3 is 2.71 bits per heavy atom. The van der Waals surface area contributed by atoms with E-state index >= 15 is 0 Å². The molecule has 4 nitrogen and oxygen atoms in total. The lowest BCUT2D eigenvalue weighted by molar-refractivity contribution is -0.133. The first kappa shape index (κ1) is 16.8. The van der Waals surface area contributed by atoms with Gasteiger partial charge in [0, 0.05) is 17.8 Å². The minimum absolute atomic E-state index is 0.0596. The van der Waals surface area contributed by atoms with Gasteiger partial charge in [0.25, 0.3) is 0 Å². The lowest BCUT2D eigenvalue weighted by atomic mass is 9.92. The Kier molecular flexibility index (Phi) is 5.09. The van der Waals surface area contributed by atoms with Crippen LogP contribution in [0, 0.1) is 0 Å². The van der Waals surface area contributed by atoms with E-state index in [0.29, 0.717) is 6.42 Å². The highest BCUT2D eigenvalue weighted by Gasteiger charge is 2.28. The first-order valence-electron chi connectivity index (χ1n) is 8.20. The van der Waals surface area contributed by atoms with Gasteiger partial charge in [-0.1, -0.05) is 6.07 Å². The Hall–Kier alpha value is -2.01. The third-order valence-corrected chi connectivity index (χ3v) is 5.61. The Labute approximate surface area is 147 Å². The summed E-state index contributed by atoms with van der Waals surface area (Å²) in [5.74, 6) is 1.69. The average Bonchev–Trinajstić information content (AvgIpc) is 3.12. The number of carbonyl (C=O) groups is 1. The Bertz CT molecular complexity index is 712. The number of aryl methyl sites for hydroxylation is 1. The Morgan fingerprint density at radius 1 is 1.29 bits per heavy atom. The lowest BCUT2D eigenvalue weighted by Crippen LogP contribution is -2.39. The number of fused-ring (bicyclic) bond motifs is 1. The molecule has 1 amide bonds. The fraction of sp³-hybridized carbons (Fsp3) is 0.421. The maximum Gasteiger partial charge on any atom is 0.223 e. The molecule has 5 heteroatoms. The molecule has 1 aliphatic rings. The average molecular weight is 345 g/mol. The largest absolute Gasteiger partial charge is 0.493 e. The third-order valence-electron chi connectivity index (χ3n) is 4.67. The first-order valence-corrected chi connectivity index (χ1v) is 9.08. The molecule has 0 saturated carbocycles. The quantitative estimate of drug-likeness (QED) is 0.826. The zero-order valence-electron chi connectivity index (χ0n) is 14.4. The van der Waals surface area contributed by atoms with Crippen LogP contribution in [-0.2, 0) is 17.6 Å². The van der Waals surface area contributed by atoms with E-state index in [4.69, 9.17) is 9.47 Å². The highest BCUT2D eigenvalue weighted by Crippen LogP contribution is 2.38. The van der Waals surface area contributed by atoms with Crippen LogP contribution >= 0.6 is 11.3 Å². The second kappa shape index (κ2) is 7.26. The number of benzene rings is 1. The predicted octanol–water partition coefficient (Wildman–Crippen LogP) is 3.84. The number of hydrogen-bond acceptors (Lipinski definition) is 4. The predicted molar refractivity (Wildman–Crippen MR) is 96.0 cm³/mol. The molecule has 0 radical (unpaired) electrons. The molecule has 3 rings (SSSR count). The molecule has 0 bridgehead atoms. The van der Waals surface area contributed by atoms with Crippen molar-refractivity contribution in [1.82, 2.24) is 4.90 Å². The van der Waals surface area contributed by atoms with Gasteiger partial charge in [-0.25, -0.2) is 0 Å². The summed E-state index contributed by atoms with van der Waals surface area (Å²) in [5.41, 5.74) is 2.39. The van der Waals surface area contributed by atoms with E-state index in [1.165, 1.54) is 10.4 Å². The van der Waals surface area contributed by atoms with Crippen molar-refractivity contribution in [2.75, 3.05) is 20.8 Å². The molecule has 0 N–H and O–H groups in total. The van der Waals surface area contributed by atoms with Crippen LogP contribution in [0.25, 0.3) is 0 Å². The molecule has 24 heavy (non-hydrogen) atoms. The second-order valence-electron chi connectivity index (χ2n) is 6.00. The van der Waals surface area contributed by atoms with Crippen molar-refractivity contribution in [2.45, 2.75) is 32.2 Å². The molecule has 1 aromatic carbocycles. The van der Waals surface area contributed by atoms with Crippen molar-refractivity contribution in [3.8, 4) is 11.5 Å². The van der Waals surface area contributed by atoms with E-state index in [1.807, 2.05) is 23.1 Å². The van der Waals surface area contributed by atoms with E-state index in [9.17, 15) is 4.79 Å². The third kappa shape index (κ3) is 3.26. The van der Waals surface area contributed by atoms with Crippen molar-refractivity contribution in [3.05, 3.63) is 45.6 Å². The molecule has 128 valence electrons. The van der Waals surface area contributed by atoms with Gasteiger partial charge in [-0.2, -0.15) is 0 Å². The molecule has 2 aromatic rings. The smallest absolute Gasteiger partial charge is 0.223 e. The number of nitrogens with zero attached hydrogens (tertiary/aromatic N) is 1. The summed E-state index contributed by atoms with van der Waals surface area (Å²) in [4.78, 5) is 15.9. The highest BCUT2D eigenvalue weighted by molar-refractivity contribution is 7.09. The van der Waals surface area contributed by atoms with Crippen molar-refractivity contribution in [1.29, 1.82) is 0 Å². The molecule has 1 atom stereocenters. The van der Waals surface area contributed by atoms with Crippen molar-refractivity contribution < 1.29 is 14.3 Å². The zero-order valence-corrected chi connectivity index (χ0v) is 15.2. The van der Waals surface area contributed by atoms with Crippen LogP contribution in [0.4, 0.5) is 0 Å². The van der Waals surface area contributed by atoms with Crippen LogP contribution in [0.15, 0.2) is 29.6 Å². The van der Waals surface area contributed by atoms with Crippen molar-refractivity contribution in [2.24, 2.45) is 0 Å². The van der Waals surface area contributed by atoms with E-state index in [-0.39, 0.29) is 11.9 Å². The van der Waals surface area contributed by atoms with Crippen LogP contribution in [-0.4, -0.2) is 31.6 Å². The van der Waals surface area contributed by atoms with Crippen molar-refractivity contribution >= 4 is 17.2 Å². The summed E-state index contributed by atoms with van der Waals surface area (Å²) in [5, 5.41) is 2.05. The summed E-state index contributed by atoms with van der Waals surface area (Å²) in [6.07, 6.45) is 2.23. The van der Waals surface area contributed by atoms with Gasteiger partial charge in [-0.05, 0) is 54.5 Å². The summed E-state index contributed by atoms with van der Waals surface area (Å²) >= 11 is 1.71. The number of ether oxygens (including phenoxy) is 2. The molecule has 2 heterocycles. The van der Waals surface area contributed by atoms with Gasteiger partial charge in [0.1, 0.15) is 0 Å². The number of thiophene rings is 1. The van der Waals surface area contributed by atoms with Gasteiger partial charge in [0.05, 0.1) is 20.3 Å². The number of methoxy groups -OCH3 is 2.